The first kappa shape index (κ1) is 11.7. The average molecular weight is 242 g/mol. The second-order valence-electron chi connectivity index (χ2n) is 3.56. The molecule has 1 aromatic carbocycles. The molecule has 0 bridgehead atoms. The SMILES string of the molecule is NN=Cc1ccc(-c2ccc([N+](=O)[O-])cn2)cc1. The van der Waals surface area contributed by atoms with Crippen LogP contribution in [0.15, 0.2) is 47.7 Å². The maximum absolute atomic E-state index is 10.5. The van der Waals surface area contributed by atoms with Gasteiger partial charge in [-0.3, -0.25) is 10.1 Å². The minimum absolute atomic E-state index is 0.0226. The first-order chi connectivity index (χ1) is 8.70. The van der Waals surface area contributed by atoms with Crippen LogP contribution >= 0.6 is 0 Å². The smallest absolute Gasteiger partial charge is 0.287 e. The molecule has 1 heterocycles. The number of rotatable bonds is 3. The van der Waals surface area contributed by atoms with Gasteiger partial charge in [-0.2, -0.15) is 5.10 Å². The Labute approximate surface area is 103 Å². The van der Waals surface area contributed by atoms with Crippen LogP contribution in [0.2, 0.25) is 0 Å². The van der Waals surface area contributed by atoms with Gasteiger partial charge in [0.1, 0.15) is 6.20 Å². The van der Waals surface area contributed by atoms with Crippen LogP contribution in [0.25, 0.3) is 11.3 Å². The van der Waals surface area contributed by atoms with Crippen LogP contribution in [0.1, 0.15) is 5.56 Å². The fraction of sp³-hybridized carbons (Fsp3) is 0. The lowest BCUT2D eigenvalue weighted by atomic mass is 10.1. The zero-order chi connectivity index (χ0) is 13.0. The van der Waals surface area contributed by atoms with Crippen LogP contribution in [0.3, 0.4) is 0 Å². The molecule has 6 nitrogen and oxygen atoms in total. The highest BCUT2D eigenvalue weighted by molar-refractivity contribution is 5.80. The average Bonchev–Trinajstić information content (AvgIpc) is 2.40. The highest BCUT2D eigenvalue weighted by Gasteiger charge is 2.06. The minimum Gasteiger partial charge on any atom is -0.323 e. The third-order valence-electron chi connectivity index (χ3n) is 2.39. The molecule has 90 valence electrons. The fourth-order valence-corrected chi connectivity index (χ4v) is 1.49. The van der Waals surface area contributed by atoms with E-state index in [1.165, 1.54) is 18.5 Å². The van der Waals surface area contributed by atoms with Crippen molar-refractivity contribution >= 4 is 11.9 Å². The fourth-order valence-electron chi connectivity index (χ4n) is 1.49. The molecule has 0 aliphatic carbocycles. The molecule has 0 radical (unpaired) electrons. The first-order valence-electron chi connectivity index (χ1n) is 5.15. The van der Waals surface area contributed by atoms with Gasteiger partial charge in [-0.25, -0.2) is 4.98 Å². The van der Waals surface area contributed by atoms with Gasteiger partial charge in [-0.15, -0.1) is 0 Å². The Morgan fingerprint density at radius 3 is 2.44 bits per heavy atom. The zero-order valence-electron chi connectivity index (χ0n) is 9.35. The Kier molecular flexibility index (Phi) is 3.29. The molecule has 2 aromatic rings. The lowest BCUT2D eigenvalue weighted by Crippen LogP contribution is -1.90. The number of aromatic nitrogens is 1. The third-order valence-corrected chi connectivity index (χ3v) is 2.39. The molecule has 0 atom stereocenters. The van der Waals surface area contributed by atoms with Gasteiger partial charge in [0, 0.05) is 11.6 Å². The van der Waals surface area contributed by atoms with E-state index in [-0.39, 0.29) is 5.69 Å². The van der Waals surface area contributed by atoms with Crippen LogP contribution in [-0.4, -0.2) is 16.1 Å². The van der Waals surface area contributed by atoms with Crippen LogP contribution < -0.4 is 5.84 Å². The Hall–Kier alpha value is -2.76. The van der Waals surface area contributed by atoms with E-state index < -0.39 is 4.92 Å². The maximum Gasteiger partial charge on any atom is 0.287 e. The lowest BCUT2D eigenvalue weighted by Gasteiger charge is -2.00. The molecule has 0 aliphatic heterocycles. The maximum atomic E-state index is 10.5. The van der Waals surface area contributed by atoms with E-state index in [2.05, 4.69) is 10.1 Å². The van der Waals surface area contributed by atoms with Crippen LogP contribution in [0.4, 0.5) is 5.69 Å². The van der Waals surface area contributed by atoms with Gasteiger partial charge < -0.3 is 5.84 Å². The van der Waals surface area contributed by atoms with Crippen LogP contribution in [-0.2, 0) is 0 Å². The second-order valence-corrected chi connectivity index (χ2v) is 3.56. The summed E-state index contributed by atoms with van der Waals surface area (Å²) in [7, 11) is 0. The summed E-state index contributed by atoms with van der Waals surface area (Å²) in [5, 5.41) is 13.9. The number of nitrogens with two attached hydrogens (primary N) is 1. The molecule has 18 heavy (non-hydrogen) atoms. The molecule has 0 unspecified atom stereocenters. The minimum atomic E-state index is -0.475. The number of nitro groups is 1. The molecule has 0 fully saturated rings. The Morgan fingerprint density at radius 1 is 1.22 bits per heavy atom. The van der Waals surface area contributed by atoms with Crippen molar-refractivity contribution in [3.63, 3.8) is 0 Å². The van der Waals surface area contributed by atoms with E-state index in [9.17, 15) is 10.1 Å². The van der Waals surface area contributed by atoms with Crippen molar-refractivity contribution in [2.45, 2.75) is 0 Å². The molecule has 0 aliphatic rings. The Bertz CT molecular complexity index is 576. The van der Waals surface area contributed by atoms with Crippen LogP contribution in [0.5, 0.6) is 0 Å². The van der Waals surface area contributed by atoms with E-state index >= 15 is 0 Å². The van der Waals surface area contributed by atoms with Gasteiger partial charge >= 0.3 is 0 Å². The molecule has 0 saturated carbocycles. The molecule has 2 N–H and O–H groups in total. The van der Waals surface area contributed by atoms with Gasteiger partial charge in [0.05, 0.1) is 16.8 Å². The summed E-state index contributed by atoms with van der Waals surface area (Å²) >= 11 is 0. The standard InChI is InChI=1S/C12H10N4O2/c13-15-7-9-1-3-10(4-2-9)12-6-5-11(8-14-12)16(17)18/h1-8H,13H2. The summed E-state index contributed by atoms with van der Waals surface area (Å²) in [6.07, 6.45) is 2.78. The normalized spacial score (nSPS) is 10.7. The highest BCUT2D eigenvalue weighted by atomic mass is 16.6. The Morgan fingerprint density at radius 2 is 1.94 bits per heavy atom. The second kappa shape index (κ2) is 5.05. The third kappa shape index (κ3) is 2.49. The summed E-state index contributed by atoms with van der Waals surface area (Å²) in [6, 6.07) is 10.4. The van der Waals surface area contributed by atoms with Gasteiger partial charge in [0.15, 0.2) is 0 Å². The number of benzene rings is 1. The molecular formula is C12H10N4O2. The van der Waals surface area contributed by atoms with Gasteiger partial charge in [0.2, 0.25) is 0 Å². The number of pyridine rings is 1. The topological polar surface area (TPSA) is 94.4 Å². The monoisotopic (exact) mass is 242 g/mol. The van der Waals surface area contributed by atoms with Crippen molar-refractivity contribution in [1.82, 2.24) is 4.98 Å². The van der Waals surface area contributed by atoms with E-state index in [1.807, 2.05) is 24.3 Å². The molecule has 6 heteroatoms. The van der Waals surface area contributed by atoms with E-state index in [0.717, 1.165) is 11.1 Å². The molecule has 1 aromatic heterocycles. The van der Waals surface area contributed by atoms with Gasteiger partial charge in [-0.1, -0.05) is 24.3 Å². The van der Waals surface area contributed by atoms with E-state index in [0.29, 0.717) is 5.69 Å². The Balaban J connectivity index is 2.28. The summed E-state index contributed by atoms with van der Waals surface area (Å²) < 4.78 is 0. The molecule has 0 amide bonds. The van der Waals surface area contributed by atoms with Crippen molar-refractivity contribution in [3.8, 4) is 11.3 Å². The molecule has 2 rings (SSSR count). The highest BCUT2D eigenvalue weighted by Crippen LogP contribution is 2.19. The van der Waals surface area contributed by atoms with Gasteiger partial charge in [-0.05, 0) is 11.6 Å². The van der Waals surface area contributed by atoms with Crippen molar-refractivity contribution in [3.05, 3.63) is 58.3 Å². The lowest BCUT2D eigenvalue weighted by molar-refractivity contribution is -0.385. The summed E-state index contributed by atoms with van der Waals surface area (Å²) in [5.74, 6) is 5.05. The molecule has 0 saturated heterocycles. The first-order valence-corrected chi connectivity index (χ1v) is 5.15. The van der Waals surface area contributed by atoms with Crippen molar-refractivity contribution < 1.29 is 4.92 Å². The predicted octanol–water partition coefficient (Wildman–Crippen LogP) is 1.95. The summed E-state index contributed by atoms with van der Waals surface area (Å²) in [5.41, 5.74) is 2.41. The van der Waals surface area contributed by atoms with Crippen LogP contribution in [0, 0.1) is 10.1 Å². The summed E-state index contributed by atoms with van der Waals surface area (Å²) in [4.78, 5) is 14.1. The van der Waals surface area contributed by atoms with Crippen molar-refractivity contribution in [2.24, 2.45) is 10.9 Å². The van der Waals surface area contributed by atoms with Crippen molar-refractivity contribution in [2.75, 3.05) is 0 Å². The van der Waals surface area contributed by atoms with Crippen molar-refractivity contribution in [1.29, 1.82) is 0 Å². The zero-order valence-corrected chi connectivity index (χ0v) is 9.35. The van der Waals surface area contributed by atoms with E-state index in [4.69, 9.17) is 5.84 Å². The number of nitrogens with zero attached hydrogens (tertiary/aromatic N) is 3. The molecular weight excluding hydrogens is 232 g/mol. The number of hydrogen-bond donors (Lipinski definition) is 1. The number of hydrogen-bond acceptors (Lipinski definition) is 5. The van der Waals surface area contributed by atoms with Gasteiger partial charge in [0.25, 0.3) is 5.69 Å². The number of hydrazone groups is 1. The predicted molar refractivity (Wildman–Crippen MR) is 68.1 cm³/mol. The van der Waals surface area contributed by atoms with E-state index in [1.54, 1.807) is 6.07 Å². The quantitative estimate of drug-likeness (QED) is 0.385. The largest absolute Gasteiger partial charge is 0.323 e. The molecule has 0 spiro atoms. The summed E-state index contributed by atoms with van der Waals surface area (Å²) in [6.45, 7) is 0.